The van der Waals surface area contributed by atoms with Gasteiger partial charge in [0.05, 0.1) is 17.2 Å². The van der Waals surface area contributed by atoms with Crippen molar-refractivity contribution in [2.45, 2.75) is 31.9 Å². The molecule has 2 aliphatic heterocycles. The minimum Gasteiger partial charge on any atom is -0.368 e. The van der Waals surface area contributed by atoms with E-state index in [1.54, 1.807) is 11.0 Å². The van der Waals surface area contributed by atoms with Crippen LogP contribution in [0.5, 0.6) is 0 Å². The van der Waals surface area contributed by atoms with E-state index < -0.39 is 21.8 Å². The molecule has 0 aromatic heterocycles. The highest BCUT2D eigenvalue weighted by molar-refractivity contribution is 7.89. The molecule has 10 heteroatoms. The second-order valence-electron chi connectivity index (χ2n) is 9.46. The Labute approximate surface area is 210 Å². The van der Waals surface area contributed by atoms with Crippen molar-refractivity contribution in [2.24, 2.45) is 5.92 Å². The molecular weight excluding hydrogens is 491 g/mol. The van der Waals surface area contributed by atoms with E-state index in [1.807, 2.05) is 35.2 Å². The van der Waals surface area contributed by atoms with Crippen molar-refractivity contribution in [3.8, 4) is 0 Å². The van der Waals surface area contributed by atoms with Gasteiger partial charge in [0.25, 0.3) is 0 Å². The maximum absolute atomic E-state index is 13.2. The predicted molar refractivity (Wildman–Crippen MR) is 133 cm³/mol. The van der Waals surface area contributed by atoms with E-state index in [1.165, 1.54) is 10.4 Å². The van der Waals surface area contributed by atoms with Crippen LogP contribution in [0.3, 0.4) is 0 Å². The number of aryl methyl sites for hydroxylation is 1. The van der Waals surface area contributed by atoms with E-state index in [9.17, 15) is 26.4 Å². The molecule has 2 fully saturated rings. The molecule has 0 bridgehead atoms. The summed E-state index contributed by atoms with van der Waals surface area (Å²) in [5.41, 5.74) is 0.900. The number of alkyl halides is 3. The van der Waals surface area contributed by atoms with Crippen LogP contribution in [0.15, 0.2) is 54.6 Å². The van der Waals surface area contributed by atoms with Gasteiger partial charge < -0.3 is 9.80 Å². The van der Waals surface area contributed by atoms with Gasteiger partial charge in [-0.2, -0.15) is 13.2 Å². The first-order valence-electron chi connectivity index (χ1n) is 12.4. The molecule has 2 aromatic rings. The molecule has 0 saturated carbocycles. The third kappa shape index (κ3) is 6.59. The van der Waals surface area contributed by atoms with E-state index in [0.29, 0.717) is 64.1 Å². The summed E-state index contributed by atoms with van der Waals surface area (Å²) in [5.74, 6) is -0.399. The lowest BCUT2D eigenvalue weighted by atomic mass is 9.97. The van der Waals surface area contributed by atoms with Crippen LogP contribution in [0, 0.1) is 5.92 Å². The largest absolute Gasteiger partial charge is 0.416 e. The van der Waals surface area contributed by atoms with Gasteiger partial charge in [0.2, 0.25) is 15.9 Å². The highest BCUT2D eigenvalue weighted by atomic mass is 32.2. The lowest BCUT2D eigenvalue weighted by molar-refractivity contribution is -0.137. The number of carbonyl (C=O) groups excluding carboxylic acids is 1. The van der Waals surface area contributed by atoms with E-state index in [-0.39, 0.29) is 24.1 Å². The molecule has 0 spiro atoms. The number of carbonyl (C=O) groups is 1. The number of benzene rings is 2. The highest BCUT2D eigenvalue weighted by Gasteiger charge is 2.35. The molecule has 2 saturated heterocycles. The SMILES string of the molecule is O=C([C@H]1CCCN(S(=O)(=O)CCCc2ccccc2)C1)N1CCN(c2cccc(C(F)(F)F)c2)CC1. The van der Waals surface area contributed by atoms with Gasteiger partial charge in [0, 0.05) is 45.0 Å². The number of sulfonamides is 1. The number of nitrogens with zero attached hydrogens (tertiary/aromatic N) is 3. The highest BCUT2D eigenvalue weighted by Crippen LogP contribution is 2.32. The molecule has 36 heavy (non-hydrogen) atoms. The Bertz CT molecular complexity index is 1130. The lowest BCUT2D eigenvalue weighted by Crippen LogP contribution is -2.53. The van der Waals surface area contributed by atoms with Gasteiger partial charge in [-0.15, -0.1) is 0 Å². The molecule has 2 aromatic carbocycles. The van der Waals surface area contributed by atoms with Crippen LogP contribution in [-0.2, 0) is 27.4 Å². The Morgan fingerprint density at radius 3 is 2.36 bits per heavy atom. The smallest absolute Gasteiger partial charge is 0.368 e. The maximum atomic E-state index is 13.2. The molecule has 0 N–H and O–H groups in total. The average Bonchev–Trinajstić information content (AvgIpc) is 2.88. The molecule has 2 heterocycles. The molecule has 6 nitrogen and oxygen atoms in total. The number of piperidine rings is 1. The summed E-state index contributed by atoms with van der Waals surface area (Å²) in [6.45, 7) is 2.29. The van der Waals surface area contributed by atoms with Gasteiger partial charge in [-0.3, -0.25) is 4.79 Å². The second-order valence-corrected chi connectivity index (χ2v) is 11.6. The zero-order chi connectivity index (χ0) is 25.8. The van der Waals surface area contributed by atoms with E-state index in [2.05, 4.69) is 0 Å². The minimum atomic E-state index is -4.40. The monoisotopic (exact) mass is 523 g/mol. The number of hydrogen-bond acceptors (Lipinski definition) is 4. The Hall–Kier alpha value is -2.59. The molecule has 1 atom stereocenters. The molecule has 0 aliphatic carbocycles. The third-order valence-corrected chi connectivity index (χ3v) is 8.89. The summed E-state index contributed by atoms with van der Waals surface area (Å²) in [6.07, 6.45) is -1.91. The van der Waals surface area contributed by atoms with E-state index in [0.717, 1.165) is 17.7 Å². The molecule has 2 aliphatic rings. The Morgan fingerprint density at radius 1 is 0.944 bits per heavy atom. The molecule has 1 amide bonds. The summed E-state index contributed by atoms with van der Waals surface area (Å²) in [6, 6.07) is 15.0. The van der Waals surface area contributed by atoms with E-state index in [4.69, 9.17) is 0 Å². The quantitative estimate of drug-likeness (QED) is 0.550. The van der Waals surface area contributed by atoms with Crippen molar-refractivity contribution in [1.29, 1.82) is 0 Å². The molecule has 0 unspecified atom stereocenters. The van der Waals surface area contributed by atoms with Gasteiger partial charge >= 0.3 is 6.18 Å². The summed E-state index contributed by atoms with van der Waals surface area (Å²) in [5, 5.41) is 0. The van der Waals surface area contributed by atoms with Crippen LogP contribution in [0.1, 0.15) is 30.4 Å². The second kappa shape index (κ2) is 11.2. The van der Waals surface area contributed by atoms with Crippen molar-refractivity contribution in [1.82, 2.24) is 9.21 Å². The van der Waals surface area contributed by atoms with Gasteiger partial charge in [-0.1, -0.05) is 36.4 Å². The molecule has 0 radical (unpaired) electrons. The van der Waals surface area contributed by atoms with Crippen molar-refractivity contribution >= 4 is 21.6 Å². The van der Waals surface area contributed by atoms with Crippen LogP contribution in [0.2, 0.25) is 0 Å². The number of halogens is 3. The normalized spacial score (nSPS) is 19.9. The fourth-order valence-corrected chi connectivity index (χ4v) is 6.53. The predicted octanol–water partition coefficient (Wildman–Crippen LogP) is 4.03. The molecule has 196 valence electrons. The first-order valence-corrected chi connectivity index (χ1v) is 14.0. The van der Waals surface area contributed by atoms with Crippen molar-refractivity contribution in [3.63, 3.8) is 0 Å². The lowest BCUT2D eigenvalue weighted by Gasteiger charge is -2.39. The number of amides is 1. The van der Waals surface area contributed by atoms with Gasteiger partial charge in [0.15, 0.2) is 0 Å². The summed E-state index contributed by atoms with van der Waals surface area (Å²) >= 11 is 0. The zero-order valence-corrected chi connectivity index (χ0v) is 21.0. The van der Waals surface area contributed by atoms with Crippen LogP contribution in [0.4, 0.5) is 18.9 Å². The Balaban J connectivity index is 1.29. The number of rotatable bonds is 7. The Kier molecular flexibility index (Phi) is 8.24. The molecular formula is C26H32F3N3O3S. The molecule has 4 rings (SSSR count). The minimum absolute atomic E-state index is 0.0540. The van der Waals surface area contributed by atoms with Crippen molar-refractivity contribution in [2.75, 3.05) is 49.9 Å². The fourth-order valence-electron chi connectivity index (χ4n) is 4.95. The van der Waals surface area contributed by atoms with Gasteiger partial charge in [0.1, 0.15) is 0 Å². The van der Waals surface area contributed by atoms with Gasteiger partial charge in [-0.25, -0.2) is 12.7 Å². The first kappa shape index (κ1) is 26.5. The van der Waals surface area contributed by atoms with Crippen LogP contribution >= 0.6 is 0 Å². The summed E-state index contributed by atoms with van der Waals surface area (Å²) in [4.78, 5) is 16.8. The number of piperazine rings is 1. The van der Waals surface area contributed by atoms with Crippen LogP contribution in [-0.4, -0.2) is 68.6 Å². The van der Waals surface area contributed by atoms with E-state index >= 15 is 0 Å². The Morgan fingerprint density at radius 2 is 1.67 bits per heavy atom. The van der Waals surface area contributed by atoms with Crippen molar-refractivity contribution in [3.05, 3.63) is 65.7 Å². The van der Waals surface area contributed by atoms with Crippen molar-refractivity contribution < 1.29 is 26.4 Å². The third-order valence-electron chi connectivity index (χ3n) is 6.97. The maximum Gasteiger partial charge on any atom is 0.416 e. The summed E-state index contributed by atoms with van der Waals surface area (Å²) < 4.78 is 66.5. The fraction of sp³-hybridized carbons (Fsp3) is 0.500. The standard InChI is InChI=1S/C26H32F3N3O3S/c27-26(28,29)23-11-4-12-24(19-23)30-14-16-31(17-15-30)25(33)22-10-5-13-32(20-22)36(34,35)18-6-9-21-7-2-1-3-8-21/h1-4,7-8,11-12,19,22H,5-6,9-10,13-18,20H2/t22-/m0/s1. The van der Waals surface area contributed by atoms with Crippen LogP contribution in [0.25, 0.3) is 0 Å². The summed E-state index contributed by atoms with van der Waals surface area (Å²) in [7, 11) is -3.45. The van der Waals surface area contributed by atoms with Gasteiger partial charge in [-0.05, 0) is 49.4 Å². The first-order chi connectivity index (χ1) is 17.1. The number of hydrogen-bond donors (Lipinski definition) is 0. The van der Waals surface area contributed by atoms with Crippen LogP contribution < -0.4 is 4.90 Å². The number of anilines is 1. The average molecular weight is 524 g/mol. The zero-order valence-electron chi connectivity index (χ0n) is 20.2. The topological polar surface area (TPSA) is 60.9 Å².